The van der Waals surface area contributed by atoms with E-state index in [4.69, 9.17) is 11.6 Å². The van der Waals surface area contributed by atoms with Gasteiger partial charge in [0, 0.05) is 10.7 Å². The zero-order chi connectivity index (χ0) is 13.9. The molecule has 0 saturated carbocycles. The molecule has 0 bridgehead atoms. The van der Waals surface area contributed by atoms with Crippen molar-refractivity contribution in [2.24, 2.45) is 0 Å². The number of nitrogens with zero attached hydrogens (tertiary/aromatic N) is 2. The highest BCUT2D eigenvalue weighted by Crippen LogP contribution is 2.23. The van der Waals surface area contributed by atoms with E-state index in [9.17, 15) is 0 Å². The topological polar surface area (TPSA) is 37.8 Å². The lowest BCUT2D eigenvalue weighted by atomic mass is 10.2. The third-order valence-electron chi connectivity index (χ3n) is 3.23. The highest BCUT2D eigenvalue weighted by molar-refractivity contribution is 6.31. The summed E-state index contributed by atoms with van der Waals surface area (Å²) in [7, 11) is 0. The summed E-state index contributed by atoms with van der Waals surface area (Å²) in [6.45, 7) is 2.62. The Hall–Kier alpha value is -2.13. The van der Waals surface area contributed by atoms with Crippen LogP contribution in [-0.2, 0) is 6.54 Å². The molecule has 3 rings (SSSR count). The fourth-order valence-electron chi connectivity index (χ4n) is 2.07. The monoisotopic (exact) mass is 283 g/mol. The standard InChI is InChI=1S/C16H14ClN3/c1-11-13(17)5-4-8-14(11)18-9-12-10-19-15-6-2-3-7-16(15)20-12/h2-8,10,18H,9H2,1H3. The van der Waals surface area contributed by atoms with Crippen LogP contribution < -0.4 is 5.32 Å². The van der Waals surface area contributed by atoms with Gasteiger partial charge >= 0.3 is 0 Å². The molecule has 0 saturated heterocycles. The average molecular weight is 284 g/mol. The number of halogens is 1. The Morgan fingerprint density at radius 2 is 1.85 bits per heavy atom. The molecule has 20 heavy (non-hydrogen) atoms. The average Bonchev–Trinajstić information content (AvgIpc) is 2.48. The molecule has 0 unspecified atom stereocenters. The molecule has 3 nitrogen and oxygen atoms in total. The van der Waals surface area contributed by atoms with Gasteiger partial charge in [0.15, 0.2) is 0 Å². The first kappa shape index (κ1) is 12.9. The molecule has 0 aliphatic carbocycles. The lowest BCUT2D eigenvalue weighted by Gasteiger charge is -2.10. The first-order chi connectivity index (χ1) is 9.74. The van der Waals surface area contributed by atoms with Crippen LogP contribution in [0.2, 0.25) is 5.02 Å². The van der Waals surface area contributed by atoms with Crippen LogP contribution in [0.3, 0.4) is 0 Å². The number of hydrogen-bond acceptors (Lipinski definition) is 3. The van der Waals surface area contributed by atoms with Gasteiger partial charge in [0.25, 0.3) is 0 Å². The smallest absolute Gasteiger partial charge is 0.0890 e. The highest BCUT2D eigenvalue weighted by atomic mass is 35.5. The molecule has 0 spiro atoms. The van der Waals surface area contributed by atoms with Crippen molar-refractivity contribution in [2.75, 3.05) is 5.32 Å². The summed E-state index contributed by atoms with van der Waals surface area (Å²) >= 11 is 6.11. The van der Waals surface area contributed by atoms with Crippen molar-refractivity contribution in [1.82, 2.24) is 9.97 Å². The molecule has 1 heterocycles. The van der Waals surface area contributed by atoms with E-state index in [0.717, 1.165) is 33.0 Å². The van der Waals surface area contributed by atoms with Crippen LogP contribution in [0.1, 0.15) is 11.3 Å². The van der Waals surface area contributed by atoms with E-state index in [0.29, 0.717) is 6.54 Å². The van der Waals surface area contributed by atoms with Gasteiger partial charge in [0.1, 0.15) is 0 Å². The number of hydrogen-bond donors (Lipinski definition) is 1. The van der Waals surface area contributed by atoms with Crippen LogP contribution in [0.15, 0.2) is 48.7 Å². The van der Waals surface area contributed by atoms with E-state index in [1.807, 2.05) is 49.4 Å². The van der Waals surface area contributed by atoms with Gasteiger partial charge in [-0.25, -0.2) is 4.98 Å². The highest BCUT2D eigenvalue weighted by Gasteiger charge is 2.03. The molecule has 0 aliphatic rings. The van der Waals surface area contributed by atoms with Crippen molar-refractivity contribution in [1.29, 1.82) is 0 Å². The largest absolute Gasteiger partial charge is 0.379 e. The Bertz CT molecular complexity index is 756. The first-order valence-electron chi connectivity index (χ1n) is 6.44. The number of rotatable bonds is 3. The van der Waals surface area contributed by atoms with Crippen LogP contribution in [0, 0.1) is 6.92 Å². The maximum atomic E-state index is 6.11. The minimum Gasteiger partial charge on any atom is -0.379 e. The molecular formula is C16H14ClN3. The van der Waals surface area contributed by atoms with E-state index in [1.165, 1.54) is 0 Å². The van der Waals surface area contributed by atoms with Gasteiger partial charge in [-0.05, 0) is 36.8 Å². The van der Waals surface area contributed by atoms with Crippen LogP contribution in [-0.4, -0.2) is 9.97 Å². The number of benzene rings is 2. The van der Waals surface area contributed by atoms with Gasteiger partial charge in [-0.15, -0.1) is 0 Å². The fourth-order valence-corrected chi connectivity index (χ4v) is 2.24. The lowest BCUT2D eigenvalue weighted by molar-refractivity contribution is 1.04. The number of aromatic nitrogens is 2. The van der Waals surface area contributed by atoms with Crippen LogP contribution in [0.4, 0.5) is 5.69 Å². The lowest BCUT2D eigenvalue weighted by Crippen LogP contribution is -2.04. The minimum absolute atomic E-state index is 0.624. The Kier molecular flexibility index (Phi) is 3.52. The molecule has 0 radical (unpaired) electrons. The van der Waals surface area contributed by atoms with Crippen LogP contribution >= 0.6 is 11.6 Å². The number of fused-ring (bicyclic) bond motifs is 1. The van der Waals surface area contributed by atoms with Crippen LogP contribution in [0.5, 0.6) is 0 Å². The summed E-state index contributed by atoms with van der Waals surface area (Å²) in [5.41, 5.74) is 4.79. The van der Waals surface area contributed by atoms with E-state index in [-0.39, 0.29) is 0 Å². The van der Waals surface area contributed by atoms with Crippen molar-refractivity contribution >= 4 is 28.3 Å². The van der Waals surface area contributed by atoms with Crippen molar-refractivity contribution < 1.29 is 0 Å². The summed E-state index contributed by atoms with van der Waals surface area (Å²) < 4.78 is 0. The van der Waals surface area contributed by atoms with E-state index >= 15 is 0 Å². The van der Waals surface area contributed by atoms with E-state index in [1.54, 1.807) is 6.20 Å². The van der Waals surface area contributed by atoms with Crippen molar-refractivity contribution in [3.63, 3.8) is 0 Å². The molecule has 2 aromatic carbocycles. The number of para-hydroxylation sites is 2. The van der Waals surface area contributed by atoms with Gasteiger partial charge in [-0.1, -0.05) is 29.8 Å². The predicted octanol–water partition coefficient (Wildman–Crippen LogP) is 4.20. The molecule has 0 fully saturated rings. The molecule has 3 aromatic rings. The molecule has 1 aromatic heterocycles. The van der Waals surface area contributed by atoms with Crippen molar-refractivity contribution in [2.45, 2.75) is 13.5 Å². The summed E-state index contributed by atoms with van der Waals surface area (Å²) in [4.78, 5) is 8.99. The third kappa shape index (κ3) is 2.58. The van der Waals surface area contributed by atoms with E-state index in [2.05, 4.69) is 15.3 Å². The second-order valence-electron chi connectivity index (χ2n) is 4.62. The minimum atomic E-state index is 0.624. The van der Waals surface area contributed by atoms with Gasteiger partial charge in [0.05, 0.1) is 29.5 Å². The summed E-state index contributed by atoms with van der Waals surface area (Å²) in [6.07, 6.45) is 1.80. The maximum Gasteiger partial charge on any atom is 0.0890 e. The quantitative estimate of drug-likeness (QED) is 0.783. The maximum absolute atomic E-state index is 6.11. The second-order valence-corrected chi connectivity index (χ2v) is 5.02. The SMILES string of the molecule is Cc1c(Cl)cccc1NCc1cnc2ccccc2n1. The van der Waals surface area contributed by atoms with E-state index < -0.39 is 0 Å². The molecule has 0 aliphatic heterocycles. The first-order valence-corrected chi connectivity index (χ1v) is 6.81. The van der Waals surface area contributed by atoms with Gasteiger partial charge < -0.3 is 5.32 Å². The van der Waals surface area contributed by atoms with Gasteiger partial charge in [-0.2, -0.15) is 0 Å². The number of nitrogens with one attached hydrogen (secondary N) is 1. The predicted molar refractivity (Wildman–Crippen MR) is 83.1 cm³/mol. The molecule has 1 N–H and O–H groups in total. The Labute approximate surface area is 122 Å². The molecule has 100 valence electrons. The zero-order valence-corrected chi connectivity index (χ0v) is 11.9. The Morgan fingerprint density at radius 3 is 2.70 bits per heavy atom. The summed E-state index contributed by atoms with van der Waals surface area (Å²) in [5, 5.41) is 4.11. The molecular weight excluding hydrogens is 270 g/mol. The van der Waals surface area contributed by atoms with Crippen LogP contribution in [0.25, 0.3) is 11.0 Å². The normalized spacial score (nSPS) is 10.7. The summed E-state index contributed by atoms with van der Waals surface area (Å²) in [5.74, 6) is 0. The molecule has 0 amide bonds. The summed E-state index contributed by atoms with van der Waals surface area (Å²) in [6, 6.07) is 13.7. The number of anilines is 1. The zero-order valence-electron chi connectivity index (χ0n) is 11.1. The van der Waals surface area contributed by atoms with Crippen molar-refractivity contribution in [3.8, 4) is 0 Å². The van der Waals surface area contributed by atoms with Gasteiger partial charge in [-0.3, -0.25) is 4.98 Å². The Morgan fingerprint density at radius 1 is 1.05 bits per heavy atom. The molecule has 0 atom stereocenters. The fraction of sp³-hybridized carbons (Fsp3) is 0.125. The Balaban J connectivity index is 1.81. The molecule has 4 heteroatoms. The third-order valence-corrected chi connectivity index (χ3v) is 3.64. The van der Waals surface area contributed by atoms with Gasteiger partial charge in [0.2, 0.25) is 0 Å². The second kappa shape index (κ2) is 5.47. The van der Waals surface area contributed by atoms with Crippen molar-refractivity contribution in [3.05, 3.63) is 64.9 Å².